The Hall–Kier alpha value is -3.41. The summed E-state index contributed by atoms with van der Waals surface area (Å²) in [7, 11) is 0. The summed E-state index contributed by atoms with van der Waals surface area (Å²) >= 11 is 6.00. The average molecular weight is 418 g/mol. The van der Waals surface area contributed by atoms with Gasteiger partial charge in [-0.2, -0.15) is 0 Å². The quantitative estimate of drug-likeness (QED) is 0.260. The fourth-order valence-corrected chi connectivity index (χ4v) is 3.53. The number of aryl methyl sites for hydroxylation is 2. The lowest BCUT2D eigenvalue weighted by Crippen LogP contribution is -2.14. The van der Waals surface area contributed by atoms with Crippen molar-refractivity contribution in [2.24, 2.45) is 0 Å². The number of rotatable bonds is 6. The summed E-state index contributed by atoms with van der Waals surface area (Å²) < 4.78 is 2.22. The third-order valence-electron chi connectivity index (χ3n) is 4.87. The number of nitrogens with zero attached hydrogens (tertiary/aromatic N) is 2. The van der Waals surface area contributed by atoms with Crippen LogP contribution >= 0.6 is 11.6 Å². The van der Waals surface area contributed by atoms with Gasteiger partial charge in [0.15, 0.2) is 0 Å². The van der Waals surface area contributed by atoms with Gasteiger partial charge in [-0.3, -0.25) is 10.0 Å². The zero-order valence-electron chi connectivity index (χ0n) is 16.1. The minimum absolute atomic E-state index is 0.574. The first-order chi connectivity index (χ1) is 14.6. The van der Waals surface area contributed by atoms with Gasteiger partial charge < -0.3 is 4.57 Å². The second-order valence-corrected chi connectivity index (χ2v) is 7.32. The fraction of sp³-hybridized carbons (Fsp3) is 0.0833. The Morgan fingerprint density at radius 2 is 1.87 bits per heavy atom. The highest BCUT2D eigenvalue weighted by atomic mass is 35.5. The van der Waals surface area contributed by atoms with E-state index >= 15 is 0 Å². The molecule has 1 aromatic heterocycles. The van der Waals surface area contributed by atoms with Crippen molar-refractivity contribution in [3.05, 3.63) is 95.0 Å². The number of halogens is 1. The normalized spacial score (nSPS) is 11.3. The van der Waals surface area contributed by atoms with Crippen molar-refractivity contribution < 1.29 is 10.0 Å². The van der Waals surface area contributed by atoms with E-state index in [1.807, 2.05) is 66.7 Å². The Morgan fingerprint density at radius 3 is 2.67 bits per heavy atom. The molecule has 0 atom stereocenters. The molecule has 3 aromatic carbocycles. The van der Waals surface area contributed by atoms with Crippen LogP contribution in [0.25, 0.3) is 28.5 Å². The van der Waals surface area contributed by atoms with Gasteiger partial charge in [0.2, 0.25) is 0 Å². The lowest BCUT2D eigenvalue weighted by molar-refractivity contribution is -0.124. The number of nitrogens with one attached hydrogen (secondary N) is 1. The molecule has 150 valence electrons. The fourth-order valence-electron chi connectivity index (χ4n) is 3.40. The summed E-state index contributed by atoms with van der Waals surface area (Å²) in [6, 6.07) is 23.8. The van der Waals surface area contributed by atoms with Crippen LogP contribution in [0.4, 0.5) is 0 Å². The third kappa shape index (κ3) is 4.43. The number of para-hydroxylation sites is 2. The molecule has 2 N–H and O–H groups in total. The van der Waals surface area contributed by atoms with Crippen molar-refractivity contribution in [3.8, 4) is 11.4 Å². The molecule has 6 heteroatoms. The van der Waals surface area contributed by atoms with E-state index in [9.17, 15) is 4.79 Å². The number of aromatic nitrogens is 2. The molecule has 0 aliphatic heterocycles. The molecule has 5 nitrogen and oxygen atoms in total. The number of hydrogen-bond donors (Lipinski definition) is 2. The zero-order chi connectivity index (χ0) is 20.9. The molecule has 1 heterocycles. The molecule has 0 bridgehead atoms. The van der Waals surface area contributed by atoms with Crippen molar-refractivity contribution in [2.75, 3.05) is 0 Å². The van der Waals surface area contributed by atoms with Crippen molar-refractivity contribution in [1.29, 1.82) is 0 Å². The van der Waals surface area contributed by atoms with Gasteiger partial charge in [-0.15, -0.1) is 0 Å². The Labute approximate surface area is 179 Å². The molecule has 0 fully saturated rings. The first kappa shape index (κ1) is 19.9. The number of hydrogen-bond acceptors (Lipinski definition) is 3. The number of carbonyl (C=O) groups excluding carboxylic acids is 1. The molecule has 0 aliphatic carbocycles. The molecule has 30 heavy (non-hydrogen) atoms. The third-order valence-corrected chi connectivity index (χ3v) is 5.13. The highest BCUT2D eigenvalue weighted by molar-refractivity contribution is 6.30. The second-order valence-electron chi connectivity index (χ2n) is 6.89. The van der Waals surface area contributed by atoms with Crippen molar-refractivity contribution in [3.63, 3.8) is 0 Å². The first-order valence-electron chi connectivity index (χ1n) is 9.56. The summed E-state index contributed by atoms with van der Waals surface area (Å²) in [6.45, 7) is 0.768. The topological polar surface area (TPSA) is 67.2 Å². The number of carbonyl (C=O) groups is 1. The summed E-state index contributed by atoms with van der Waals surface area (Å²) in [5, 5.41) is 9.39. The van der Waals surface area contributed by atoms with Crippen molar-refractivity contribution in [2.45, 2.75) is 13.0 Å². The Morgan fingerprint density at radius 1 is 1.07 bits per heavy atom. The van der Waals surface area contributed by atoms with E-state index in [2.05, 4.69) is 10.6 Å². The van der Waals surface area contributed by atoms with Crippen LogP contribution in [0.1, 0.15) is 11.1 Å². The van der Waals surface area contributed by atoms with Gasteiger partial charge in [-0.25, -0.2) is 10.5 Å². The molecule has 0 radical (unpaired) electrons. The summed E-state index contributed by atoms with van der Waals surface area (Å²) in [5.74, 6) is 0.294. The minimum atomic E-state index is -0.574. The van der Waals surface area contributed by atoms with Gasteiger partial charge in [0, 0.05) is 23.2 Å². The van der Waals surface area contributed by atoms with Crippen molar-refractivity contribution in [1.82, 2.24) is 15.0 Å². The maximum atomic E-state index is 11.3. The Bertz CT molecular complexity index is 1210. The van der Waals surface area contributed by atoms with Gasteiger partial charge in [-0.05, 0) is 54.0 Å². The molecule has 0 aliphatic rings. The molecule has 4 aromatic rings. The second kappa shape index (κ2) is 8.95. The SMILES string of the molecule is O=C(/C=C/c1cccc(-c2nc3ccccc3n2CCc2ccc(Cl)cc2)c1)NO. The van der Waals surface area contributed by atoms with Crippen LogP contribution in [-0.4, -0.2) is 20.7 Å². The van der Waals surface area contributed by atoms with Crippen molar-refractivity contribution >= 4 is 34.6 Å². The molecular formula is C24H20ClN3O2. The smallest absolute Gasteiger partial charge is 0.267 e. The number of hydroxylamine groups is 1. The van der Waals surface area contributed by atoms with E-state index in [-0.39, 0.29) is 0 Å². The number of imidazole rings is 1. The summed E-state index contributed by atoms with van der Waals surface area (Å²) in [4.78, 5) is 16.1. The highest BCUT2D eigenvalue weighted by Crippen LogP contribution is 2.26. The van der Waals surface area contributed by atoms with Crippen LogP contribution < -0.4 is 5.48 Å². The van der Waals surface area contributed by atoms with E-state index in [1.54, 1.807) is 11.6 Å². The van der Waals surface area contributed by atoms with Gasteiger partial charge in [0.25, 0.3) is 5.91 Å². The Kier molecular flexibility index (Phi) is 5.93. The van der Waals surface area contributed by atoms with Gasteiger partial charge in [0.1, 0.15) is 5.82 Å². The number of benzene rings is 3. The van der Waals surface area contributed by atoms with E-state index in [4.69, 9.17) is 21.8 Å². The van der Waals surface area contributed by atoms with E-state index in [0.29, 0.717) is 0 Å². The van der Waals surface area contributed by atoms with Gasteiger partial charge >= 0.3 is 0 Å². The molecule has 4 rings (SSSR count). The van der Waals surface area contributed by atoms with Crippen LogP contribution in [0, 0.1) is 0 Å². The molecule has 0 spiro atoms. The number of fused-ring (bicyclic) bond motifs is 1. The largest absolute Gasteiger partial charge is 0.324 e. The minimum Gasteiger partial charge on any atom is -0.324 e. The monoisotopic (exact) mass is 417 g/mol. The summed E-state index contributed by atoms with van der Waals surface area (Å²) in [6.07, 6.45) is 3.78. The first-order valence-corrected chi connectivity index (χ1v) is 9.94. The predicted octanol–water partition coefficient (Wildman–Crippen LogP) is 5.12. The zero-order valence-corrected chi connectivity index (χ0v) is 16.9. The maximum absolute atomic E-state index is 11.3. The van der Waals surface area contributed by atoms with Crippen LogP contribution in [0.3, 0.4) is 0 Å². The Balaban J connectivity index is 1.70. The lowest BCUT2D eigenvalue weighted by atomic mass is 10.1. The maximum Gasteiger partial charge on any atom is 0.267 e. The van der Waals surface area contributed by atoms with Crippen LogP contribution in [0.2, 0.25) is 5.02 Å². The molecule has 1 amide bonds. The summed E-state index contributed by atoms with van der Waals surface area (Å²) in [5.41, 5.74) is 6.60. The molecule has 0 saturated carbocycles. The van der Waals surface area contributed by atoms with Crippen LogP contribution in [-0.2, 0) is 17.8 Å². The van der Waals surface area contributed by atoms with Gasteiger partial charge in [0.05, 0.1) is 11.0 Å². The standard InChI is InChI=1S/C24H20ClN3O2/c25-20-11-8-17(9-12-20)14-15-28-22-7-2-1-6-21(22)26-24(28)19-5-3-4-18(16-19)10-13-23(29)27-30/h1-13,16,30H,14-15H2,(H,27,29)/b13-10+. The molecule has 0 unspecified atom stereocenters. The lowest BCUT2D eigenvalue weighted by Gasteiger charge is -2.10. The van der Waals surface area contributed by atoms with E-state index < -0.39 is 5.91 Å². The van der Waals surface area contributed by atoms with E-state index in [1.165, 1.54) is 11.6 Å². The predicted molar refractivity (Wildman–Crippen MR) is 119 cm³/mol. The van der Waals surface area contributed by atoms with Crippen LogP contribution in [0.15, 0.2) is 78.9 Å². The van der Waals surface area contributed by atoms with Gasteiger partial charge in [-0.1, -0.05) is 54.1 Å². The van der Waals surface area contributed by atoms with Crippen LogP contribution in [0.5, 0.6) is 0 Å². The van der Waals surface area contributed by atoms with E-state index in [0.717, 1.165) is 46.0 Å². The average Bonchev–Trinajstić information content (AvgIpc) is 3.16. The molecule has 0 saturated heterocycles. The molecular weight excluding hydrogens is 398 g/mol. The highest BCUT2D eigenvalue weighted by Gasteiger charge is 2.12. The number of amides is 1.